The van der Waals surface area contributed by atoms with Crippen LogP contribution in [0.2, 0.25) is 0 Å². The van der Waals surface area contributed by atoms with E-state index in [0.29, 0.717) is 18.3 Å². The van der Waals surface area contributed by atoms with Crippen LogP contribution in [0.1, 0.15) is 120 Å². The molecule has 5 nitrogen and oxygen atoms in total. The maximum absolute atomic E-state index is 14.1. The van der Waals surface area contributed by atoms with Gasteiger partial charge in [-0.25, -0.2) is 0 Å². The zero-order valence-corrected chi connectivity index (χ0v) is 24.5. The Morgan fingerprint density at radius 2 is 1.70 bits per heavy atom. The van der Waals surface area contributed by atoms with Gasteiger partial charge in [0.1, 0.15) is 11.7 Å². The molecule has 0 amide bonds. The van der Waals surface area contributed by atoms with Gasteiger partial charge >= 0.3 is 11.9 Å². The Morgan fingerprint density at radius 1 is 1.00 bits per heavy atom. The molecule has 1 heterocycles. The van der Waals surface area contributed by atoms with Crippen LogP contribution in [0, 0.1) is 39.4 Å². The van der Waals surface area contributed by atoms with Gasteiger partial charge in [0.15, 0.2) is 0 Å². The van der Waals surface area contributed by atoms with E-state index in [1.54, 1.807) is 11.1 Å². The third-order valence-electron chi connectivity index (χ3n) is 12.3. The minimum absolute atomic E-state index is 0.00987. The molecule has 3 fully saturated rings. The second kappa shape index (κ2) is 8.57. The van der Waals surface area contributed by atoms with Gasteiger partial charge in [-0.3, -0.25) is 9.59 Å². The molecule has 1 aliphatic heterocycles. The van der Waals surface area contributed by atoms with Crippen molar-refractivity contribution in [1.29, 1.82) is 0 Å². The van der Waals surface area contributed by atoms with E-state index in [1.165, 1.54) is 6.92 Å². The van der Waals surface area contributed by atoms with E-state index in [9.17, 15) is 14.7 Å². The molecule has 8 atom stereocenters. The van der Waals surface area contributed by atoms with Crippen LogP contribution in [0.5, 0.6) is 0 Å². The lowest BCUT2D eigenvalue weighted by Crippen LogP contribution is -2.56. The Balaban J connectivity index is 1.51. The summed E-state index contributed by atoms with van der Waals surface area (Å²) in [5, 5.41) is 10.9. The van der Waals surface area contributed by atoms with Gasteiger partial charge in [0.2, 0.25) is 0 Å². The number of fused-ring (bicyclic) bond motifs is 3. The quantitative estimate of drug-likeness (QED) is 0.324. The number of allylic oxidation sites excluding steroid dienone is 2. The third kappa shape index (κ3) is 3.64. The zero-order chi connectivity index (χ0) is 27.2. The van der Waals surface area contributed by atoms with Crippen LogP contribution in [-0.4, -0.2) is 34.9 Å². The Morgan fingerprint density at radius 3 is 2.35 bits per heavy atom. The van der Waals surface area contributed by atoms with Crippen molar-refractivity contribution in [1.82, 2.24) is 0 Å². The predicted molar refractivity (Wildman–Crippen MR) is 143 cm³/mol. The molecule has 4 aliphatic carbocycles. The first-order valence-corrected chi connectivity index (χ1v) is 14.9. The van der Waals surface area contributed by atoms with Crippen molar-refractivity contribution in [3.63, 3.8) is 0 Å². The number of carbonyl (C=O) groups is 2. The van der Waals surface area contributed by atoms with Gasteiger partial charge in [0, 0.05) is 24.7 Å². The van der Waals surface area contributed by atoms with Crippen LogP contribution < -0.4 is 0 Å². The van der Waals surface area contributed by atoms with Crippen molar-refractivity contribution < 1.29 is 24.2 Å². The maximum Gasteiger partial charge on any atom is 0.313 e. The highest BCUT2D eigenvalue weighted by Crippen LogP contribution is 2.75. The van der Waals surface area contributed by atoms with Crippen molar-refractivity contribution in [2.45, 2.75) is 137 Å². The monoisotopic (exact) mass is 514 g/mol. The van der Waals surface area contributed by atoms with Gasteiger partial charge in [-0.1, -0.05) is 52.7 Å². The van der Waals surface area contributed by atoms with Crippen LogP contribution in [0.3, 0.4) is 0 Å². The Bertz CT molecular complexity index is 1010. The van der Waals surface area contributed by atoms with Gasteiger partial charge < -0.3 is 14.6 Å². The van der Waals surface area contributed by atoms with E-state index in [0.717, 1.165) is 57.8 Å². The van der Waals surface area contributed by atoms with E-state index in [1.807, 2.05) is 0 Å². The number of carbonyl (C=O) groups excluding carboxylic acids is 2. The standard InChI is InChI=1S/C32H50O5/c1-19(2)17-21(36-20(3)33)18-31(8)25-12-15-30(7)23-9-10-24-28(4,5)26(34)13-14-29(24,6)22(23)11-16-32(25,30)27(35)37-31/h19,21,24-26,34H,9-18H2,1-8H3. The van der Waals surface area contributed by atoms with Gasteiger partial charge in [0.05, 0.1) is 11.5 Å². The van der Waals surface area contributed by atoms with Crippen molar-refractivity contribution >= 4 is 11.9 Å². The molecule has 1 spiro atoms. The molecule has 208 valence electrons. The topological polar surface area (TPSA) is 72.8 Å². The van der Waals surface area contributed by atoms with Crippen LogP contribution in [0.15, 0.2) is 11.1 Å². The minimum atomic E-state index is -0.611. The summed E-state index contributed by atoms with van der Waals surface area (Å²) in [5.74, 6) is 0.738. The molecular formula is C32H50O5. The summed E-state index contributed by atoms with van der Waals surface area (Å²) in [6, 6.07) is 0. The summed E-state index contributed by atoms with van der Waals surface area (Å²) < 4.78 is 12.2. The first-order chi connectivity index (χ1) is 17.1. The smallest absolute Gasteiger partial charge is 0.313 e. The summed E-state index contributed by atoms with van der Waals surface area (Å²) in [6.07, 6.45) is 8.72. The average Bonchev–Trinajstić information content (AvgIpc) is 3.20. The highest BCUT2D eigenvalue weighted by atomic mass is 16.6. The van der Waals surface area contributed by atoms with Gasteiger partial charge in [-0.2, -0.15) is 0 Å². The molecule has 0 bridgehead atoms. The van der Waals surface area contributed by atoms with Crippen LogP contribution >= 0.6 is 0 Å². The molecule has 5 aliphatic rings. The number of ether oxygens (including phenoxy) is 2. The molecule has 8 unspecified atom stereocenters. The Labute approximate surface area is 224 Å². The second-order valence-electron chi connectivity index (χ2n) is 15.0. The number of hydrogen-bond acceptors (Lipinski definition) is 5. The molecule has 0 radical (unpaired) electrons. The Kier molecular flexibility index (Phi) is 6.30. The normalized spacial score (nSPS) is 45.0. The zero-order valence-electron chi connectivity index (χ0n) is 24.5. The average molecular weight is 515 g/mol. The summed E-state index contributed by atoms with van der Waals surface area (Å²) in [4.78, 5) is 26.0. The molecule has 1 saturated heterocycles. The van der Waals surface area contributed by atoms with Crippen molar-refractivity contribution in [2.75, 3.05) is 0 Å². The number of esters is 2. The largest absolute Gasteiger partial charge is 0.462 e. The Hall–Kier alpha value is -1.36. The summed E-state index contributed by atoms with van der Waals surface area (Å²) in [7, 11) is 0. The molecule has 1 N–H and O–H groups in total. The fourth-order valence-electron chi connectivity index (χ4n) is 10.6. The second-order valence-corrected chi connectivity index (χ2v) is 15.0. The summed E-state index contributed by atoms with van der Waals surface area (Å²) in [5.41, 5.74) is 1.90. The first kappa shape index (κ1) is 27.2. The van der Waals surface area contributed by atoms with E-state index in [2.05, 4.69) is 48.5 Å². The van der Waals surface area contributed by atoms with Crippen molar-refractivity contribution in [3.05, 3.63) is 11.1 Å². The summed E-state index contributed by atoms with van der Waals surface area (Å²) in [6.45, 7) is 17.2. The van der Waals surface area contributed by atoms with Crippen molar-refractivity contribution in [3.8, 4) is 0 Å². The molecular weight excluding hydrogens is 464 g/mol. The van der Waals surface area contributed by atoms with Gasteiger partial charge in [-0.15, -0.1) is 0 Å². The number of rotatable bonds is 5. The van der Waals surface area contributed by atoms with Crippen LogP contribution in [0.4, 0.5) is 0 Å². The highest BCUT2D eigenvalue weighted by molar-refractivity contribution is 5.83. The molecule has 0 aromatic heterocycles. The van der Waals surface area contributed by atoms with E-state index < -0.39 is 11.0 Å². The van der Waals surface area contributed by atoms with E-state index in [-0.39, 0.29) is 46.3 Å². The van der Waals surface area contributed by atoms with E-state index in [4.69, 9.17) is 9.47 Å². The lowest BCUT2D eigenvalue weighted by molar-refractivity contribution is -0.162. The SMILES string of the molecule is CC(=O)OC(CC(C)C)CC1(C)OC(=O)C23CCC4=C(CCC5C4(C)CCC(O)C5(C)C)C2(C)CCC13. The molecule has 5 heteroatoms. The predicted octanol–water partition coefficient (Wildman–Crippen LogP) is 6.76. The number of aliphatic hydroxyl groups excluding tert-OH is 1. The number of aliphatic hydroxyl groups is 1. The lowest BCUT2D eigenvalue weighted by Gasteiger charge is -2.61. The molecule has 0 aromatic carbocycles. The fourth-order valence-corrected chi connectivity index (χ4v) is 10.6. The summed E-state index contributed by atoms with van der Waals surface area (Å²) >= 11 is 0. The highest BCUT2D eigenvalue weighted by Gasteiger charge is 2.75. The minimum Gasteiger partial charge on any atom is -0.462 e. The molecule has 2 saturated carbocycles. The number of hydrogen-bond donors (Lipinski definition) is 1. The van der Waals surface area contributed by atoms with E-state index >= 15 is 0 Å². The van der Waals surface area contributed by atoms with Crippen molar-refractivity contribution in [2.24, 2.45) is 39.4 Å². The molecule has 5 rings (SSSR count). The first-order valence-electron chi connectivity index (χ1n) is 14.9. The van der Waals surface area contributed by atoms with Crippen LogP contribution in [0.25, 0.3) is 0 Å². The molecule has 37 heavy (non-hydrogen) atoms. The fraction of sp³-hybridized carbons (Fsp3) is 0.875. The van der Waals surface area contributed by atoms with Crippen LogP contribution in [-0.2, 0) is 19.1 Å². The maximum atomic E-state index is 14.1. The number of cyclic esters (lactones) is 1. The van der Waals surface area contributed by atoms with Gasteiger partial charge in [0.25, 0.3) is 0 Å². The molecule has 0 aromatic rings. The van der Waals surface area contributed by atoms with Gasteiger partial charge in [-0.05, 0) is 87.4 Å². The lowest BCUT2D eigenvalue weighted by atomic mass is 9.43. The third-order valence-corrected chi connectivity index (χ3v) is 12.3.